The first kappa shape index (κ1) is 15.3. The fraction of sp³-hybridized carbons (Fsp3) is 0. The van der Waals surface area contributed by atoms with Crippen molar-refractivity contribution in [2.45, 2.75) is 9.79 Å². The molecule has 20 heavy (non-hydrogen) atoms. The van der Waals surface area contributed by atoms with Crippen LogP contribution in [0.2, 0.25) is 0 Å². The van der Waals surface area contributed by atoms with Crippen molar-refractivity contribution in [2.75, 3.05) is 0 Å². The molecule has 0 heterocycles. The van der Waals surface area contributed by atoms with Gasteiger partial charge < -0.3 is 10.9 Å². The van der Waals surface area contributed by atoms with Crippen molar-refractivity contribution in [1.82, 2.24) is 0 Å². The molecule has 0 spiro atoms. The first-order valence-electron chi connectivity index (χ1n) is 5.42. The van der Waals surface area contributed by atoms with Crippen LogP contribution < -0.4 is 5.73 Å². The van der Waals surface area contributed by atoms with E-state index in [1.165, 1.54) is 11.8 Å². The molecule has 2 aromatic rings. The van der Waals surface area contributed by atoms with Crippen LogP contribution in [0.1, 0.15) is 5.56 Å². The van der Waals surface area contributed by atoms with Crippen LogP contribution in [0.5, 0.6) is 0 Å². The minimum Gasteiger partial charge on any atom is -0.409 e. The minimum absolute atomic E-state index is 0.143. The largest absolute Gasteiger partial charge is 0.409 e. The molecule has 0 aliphatic carbocycles. The van der Waals surface area contributed by atoms with Gasteiger partial charge in [-0.1, -0.05) is 32.8 Å². The zero-order valence-electron chi connectivity index (χ0n) is 9.98. The van der Waals surface area contributed by atoms with Gasteiger partial charge in [0.1, 0.15) is 0 Å². The molecule has 0 bridgehead atoms. The van der Waals surface area contributed by atoms with Crippen LogP contribution in [0.3, 0.4) is 0 Å². The molecule has 0 amide bonds. The molecule has 0 saturated heterocycles. The summed E-state index contributed by atoms with van der Waals surface area (Å²) in [4.78, 5) is 1.37. The highest BCUT2D eigenvalue weighted by molar-refractivity contribution is 9.10. The highest BCUT2D eigenvalue weighted by Crippen LogP contribution is 2.34. The summed E-state index contributed by atoms with van der Waals surface area (Å²) in [5.41, 5.74) is 5.78. The number of halogens is 3. The van der Waals surface area contributed by atoms with Crippen molar-refractivity contribution in [2.24, 2.45) is 10.9 Å². The second kappa shape index (κ2) is 6.60. The lowest BCUT2D eigenvalue weighted by atomic mass is 10.2. The zero-order valence-corrected chi connectivity index (χ0v) is 14.0. The van der Waals surface area contributed by atoms with E-state index >= 15 is 0 Å². The minimum atomic E-state index is -0.443. The van der Waals surface area contributed by atoms with Crippen LogP contribution in [-0.4, -0.2) is 11.0 Å². The number of nitrogens with two attached hydrogens (primary N) is 1. The Morgan fingerprint density at radius 1 is 1.15 bits per heavy atom. The van der Waals surface area contributed by atoms with Crippen molar-refractivity contribution in [3.8, 4) is 0 Å². The number of amidine groups is 1. The zero-order chi connectivity index (χ0) is 14.7. The van der Waals surface area contributed by atoms with Crippen LogP contribution in [0.4, 0.5) is 4.39 Å². The fourth-order valence-electron chi connectivity index (χ4n) is 1.49. The second-order valence-corrected chi connectivity index (χ2v) is 6.60. The average Bonchev–Trinajstić information content (AvgIpc) is 2.45. The Hall–Kier alpha value is -1.05. The number of benzene rings is 2. The van der Waals surface area contributed by atoms with Gasteiger partial charge in [0, 0.05) is 19.8 Å². The standard InChI is InChI=1S/C13H9Br2FN2OS/c14-7-1-3-8(4-2-7)20-10-6-5-9(13(17)18-19)11(15)12(10)16/h1-6,19H,(H2,17,18). The molecule has 7 heteroatoms. The molecular weight excluding hydrogens is 411 g/mol. The Morgan fingerprint density at radius 3 is 2.40 bits per heavy atom. The van der Waals surface area contributed by atoms with Crippen LogP contribution in [0, 0.1) is 5.82 Å². The van der Waals surface area contributed by atoms with Gasteiger partial charge >= 0.3 is 0 Å². The van der Waals surface area contributed by atoms with Gasteiger partial charge in [0.2, 0.25) is 0 Å². The molecule has 0 fully saturated rings. The normalized spacial score (nSPS) is 11.7. The summed E-state index contributed by atoms with van der Waals surface area (Å²) < 4.78 is 15.4. The maximum absolute atomic E-state index is 14.3. The van der Waals surface area contributed by atoms with E-state index < -0.39 is 5.82 Å². The summed E-state index contributed by atoms with van der Waals surface area (Å²) in [5.74, 6) is -0.585. The monoisotopic (exact) mass is 418 g/mol. The average molecular weight is 420 g/mol. The van der Waals surface area contributed by atoms with Gasteiger partial charge in [-0.2, -0.15) is 0 Å². The maximum Gasteiger partial charge on any atom is 0.171 e. The molecule has 2 aromatic carbocycles. The number of hydrogen-bond donors (Lipinski definition) is 2. The number of rotatable bonds is 3. The van der Waals surface area contributed by atoms with Gasteiger partial charge in [-0.3, -0.25) is 0 Å². The third kappa shape index (κ3) is 3.34. The Balaban J connectivity index is 2.34. The van der Waals surface area contributed by atoms with Crippen molar-refractivity contribution in [3.05, 3.63) is 56.7 Å². The Labute approximate surface area is 136 Å². The van der Waals surface area contributed by atoms with E-state index in [2.05, 4.69) is 37.0 Å². The van der Waals surface area contributed by atoms with E-state index in [1.54, 1.807) is 12.1 Å². The lowest BCUT2D eigenvalue weighted by Gasteiger charge is -2.08. The molecule has 0 atom stereocenters. The summed E-state index contributed by atoms with van der Waals surface area (Å²) in [6, 6.07) is 10.8. The summed E-state index contributed by atoms with van der Waals surface area (Å²) in [7, 11) is 0. The molecule has 0 aliphatic rings. The third-order valence-electron chi connectivity index (χ3n) is 2.47. The van der Waals surface area contributed by atoms with Gasteiger partial charge in [0.25, 0.3) is 0 Å². The predicted octanol–water partition coefficient (Wildman–Crippen LogP) is 4.60. The lowest BCUT2D eigenvalue weighted by Crippen LogP contribution is -2.14. The van der Waals surface area contributed by atoms with Gasteiger partial charge in [0.05, 0.1) is 4.47 Å². The fourth-order valence-corrected chi connectivity index (χ4v) is 3.29. The highest BCUT2D eigenvalue weighted by Gasteiger charge is 2.14. The third-order valence-corrected chi connectivity index (χ3v) is 4.82. The number of nitrogens with zero attached hydrogens (tertiary/aromatic N) is 1. The Bertz CT molecular complexity index is 662. The van der Waals surface area contributed by atoms with Crippen molar-refractivity contribution in [1.29, 1.82) is 0 Å². The molecule has 0 radical (unpaired) electrons. The first-order chi connectivity index (χ1) is 9.52. The van der Waals surface area contributed by atoms with E-state index in [1.807, 2.05) is 24.3 Å². The van der Waals surface area contributed by atoms with Crippen molar-refractivity contribution < 1.29 is 9.60 Å². The Kier molecular flexibility index (Phi) is 5.06. The van der Waals surface area contributed by atoms with Gasteiger partial charge in [-0.15, -0.1) is 0 Å². The van der Waals surface area contributed by atoms with Crippen LogP contribution in [0.25, 0.3) is 0 Å². The topological polar surface area (TPSA) is 58.6 Å². The smallest absolute Gasteiger partial charge is 0.171 e. The number of hydrogen-bond acceptors (Lipinski definition) is 3. The molecule has 104 valence electrons. The predicted molar refractivity (Wildman–Crippen MR) is 84.9 cm³/mol. The van der Waals surface area contributed by atoms with Crippen LogP contribution >= 0.6 is 43.6 Å². The molecule has 3 nitrogen and oxygen atoms in total. The molecule has 3 N–H and O–H groups in total. The summed E-state index contributed by atoms with van der Waals surface area (Å²) in [6.07, 6.45) is 0. The van der Waals surface area contributed by atoms with Crippen molar-refractivity contribution in [3.63, 3.8) is 0 Å². The van der Waals surface area contributed by atoms with Gasteiger partial charge in [-0.25, -0.2) is 4.39 Å². The molecule has 0 saturated carbocycles. The molecular formula is C13H9Br2FN2OS. The molecule has 0 aliphatic heterocycles. The summed E-state index contributed by atoms with van der Waals surface area (Å²) >= 11 is 7.77. The first-order valence-corrected chi connectivity index (χ1v) is 7.82. The van der Waals surface area contributed by atoms with Crippen LogP contribution in [0.15, 0.2) is 60.3 Å². The Morgan fingerprint density at radius 2 is 1.80 bits per heavy atom. The van der Waals surface area contributed by atoms with Crippen molar-refractivity contribution >= 4 is 49.5 Å². The summed E-state index contributed by atoms with van der Waals surface area (Å²) in [5, 5.41) is 11.5. The van der Waals surface area contributed by atoms with Crippen LogP contribution in [-0.2, 0) is 0 Å². The lowest BCUT2D eigenvalue weighted by molar-refractivity contribution is 0.318. The molecule has 0 unspecified atom stereocenters. The van der Waals surface area contributed by atoms with Gasteiger partial charge in [-0.05, 0) is 52.3 Å². The molecule has 0 aromatic heterocycles. The van der Waals surface area contributed by atoms with E-state index in [9.17, 15) is 4.39 Å². The maximum atomic E-state index is 14.3. The quantitative estimate of drug-likeness (QED) is 0.331. The highest BCUT2D eigenvalue weighted by atomic mass is 79.9. The van der Waals surface area contributed by atoms with E-state index in [-0.39, 0.29) is 10.3 Å². The molecule has 2 rings (SSSR count). The summed E-state index contributed by atoms with van der Waals surface area (Å²) in [6.45, 7) is 0. The van der Waals surface area contributed by atoms with E-state index in [0.717, 1.165) is 9.37 Å². The van der Waals surface area contributed by atoms with E-state index in [0.29, 0.717) is 10.5 Å². The number of oxime groups is 1. The SMILES string of the molecule is N/C(=N/O)c1ccc(Sc2ccc(Br)cc2)c(F)c1Br. The van der Waals surface area contributed by atoms with Gasteiger partial charge in [0.15, 0.2) is 11.7 Å². The second-order valence-electron chi connectivity index (χ2n) is 3.78. The van der Waals surface area contributed by atoms with E-state index in [4.69, 9.17) is 10.9 Å².